The summed E-state index contributed by atoms with van der Waals surface area (Å²) in [4.78, 5) is 23.9. The van der Waals surface area contributed by atoms with Crippen LogP contribution >= 0.6 is 0 Å². The summed E-state index contributed by atoms with van der Waals surface area (Å²) in [7, 11) is 0. The number of aromatic nitrogens is 4. The van der Waals surface area contributed by atoms with E-state index in [1.165, 1.54) is 0 Å². The molecule has 0 saturated carbocycles. The smallest absolute Gasteiger partial charge is 0.247 e. The molecule has 1 amide bonds. The normalized spacial score (nSPS) is 21.9. The number of hydrogen-bond acceptors (Lipinski definition) is 8. The van der Waals surface area contributed by atoms with E-state index in [0.717, 1.165) is 42.1 Å². The molecule has 1 aromatic carbocycles. The third-order valence-electron chi connectivity index (χ3n) is 7.04. The predicted molar refractivity (Wildman–Crippen MR) is 131 cm³/mol. The van der Waals surface area contributed by atoms with Gasteiger partial charge in [-0.2, -0.15) is 4.98 Å². The van der Waals surface area contributed by atoms with E-state index in [2.05, 4.69) is 42.8 Å². The molecule has 3 atom stereocenters. The van der Waals surface area contributed by atoms with Gasteiger partial charge in [0.25, 0.3) is 0 Å². The Kier molecular flexibility index (Phi) is 5.55. The number of anilines is 4. The highest BCUT2D eigenvalue weighted by molar-refractivity contribution is 5.81. The highest BCUT2D eigenvalue weighted by Gasteiger charge is 2.38. The van der Waals surface area contributed by atoms with Crippen molar-refractivity contribution in [3.63, 3.8) is 0 Å². The number of carbonyl (C=O) groups is 1. The molecule has 2 aliphatic rings. The Labute approximate surface area is 198 Å². The van der Waals surface area contributed by atoms with Crippen LogP contribution in [0.2, 0.25) is 0 Å². The van der Waals surface area contributed by atoms with Gasteiger partial charge in [-0.3, -0.25) is 4.79 Å². The van der Waals surface area contributed by atoms with Crippen LogP contribution in [0.15, 0.2) is 30.6 Å². The zero-order chi connectivity index (χ0) is 24.0. The van der Waals surface area contributed by atoms with Crippen molar-refractivity contribution in [1.82, 2.24) is 24.9 Å². The number of nitrogens with zero attached hydrogens (tertiary/aromatic N) is 5. The summed E-state index contributed by atoms with van der Waals surface area (Å²) in [6.07, 6.45) is 4.54. The maximum Gasteiger partial charge on any atom is 0.247 e. The van der Waals surface area contributed by atoms with E-state index < -0.39 is 6.23 Å². The molecule has 180 valence electrons. The molecular formula is C24H32N8O2. The summed E-state index contributed by atoms with van der Waals surface area (Å²) in [5, 5.41) is 24.3. The topological polar surface area (TPSA) is 120 Å². The fourth-order valence-corrected chi connectivity index (χ4v) is 4.62. The van der Waals surface area contributed by atoms with Gasteiger partial charge in [-0.15, -0.1) is 5.10 Å². The van der Waals surface area contributed by atoms with E-state index in [4.69, 9.17) is 0 Å². The van der Waals surface area contributed by atoms with E-state index in [-0.39, 0.29) is 23.3 Å². The van der Waals surface area contributed by atoms with Crippen LogP contribution in [-0.4, -0.2) is 56.0 Å². The summed E-state index contributed by atoms with van der Waals surface area (Å²) >= 11 is 0. The van der Waals surface area contributed by atoms with Crippen LogP contribution in [0.5, 0.6) is 0 Å². The van der Waals surface area contributed by atoms with Gasteiger partial charge in [0.2, 0.25) is 11.9 Å². The predicted octanol–water partition coefficient (Wildman–Crippen LogP) is 2.63. The Morgan fingerprint density at radius 3 is 3.00 bits per heavy atom. The van der Waals surface area contributed by atoms with E-state index >= 15 is 0 Å². The molecule has 3 aromatic rings. The quantitative estimate of drug-likeness (QED) is 0.440. The average molecular weight is 465 g/mol. The third kappa shape index (κ3) is 3.91. The maximum atomic E-state index is 12.6. The summed E-state index contributed by atoms with van der Waals surface area (Å²) in [6.45, 7) is 9.47. The van der Waals surface area contributed by atoms with Gasteiger partial charge in [-0.1, -0.05) is 26.8 Å². The van der Waals surface area contributed by atoms with Crippen molar-refractivity contribution in [2.45, 2.75) is 58.2 Å². The molecule has 3 unspecified atom stereocenters. The SMILES string of the molecule is CCC(C)NC(=O)C1CCN(c2nccn3nc(Nc4ccc5c(c4)NC(O)C5(C)C)nc23)C1. The highest BCUT2D eigenvalue weighted by Crippen LogP contribution is 2.41. The first kappa shape index (κ1) is 22.4. The van der Waals surface area contributed by atoms with E-state index in [9.17, 15) is 9.90 Å². The summed E-state index contributed by atoms with van der Waals surface area (Å²) in [5.74, 6) is 1.22. The molecule has 2 aromatic heterocycles. The molecule has 0 bridgehead atoms. The van der Waals surface area contributed by atoms with Crippen molar-refractivity contribution in [3.05, 3.63) is 36.2 Å². The van der Waals surface area contributed by atoms with Crippen LogP contribution in [0.3, 0.4) is 0 Å². The second kappa shape index (κ2) is 8.43. The Bertz CT molecular complexity index is 1220. The lowest BCUT2D eigenvalue weighted by Gasteiger charge is -2.22. The molecule has 4 N–H and O–H groups in total. The molecule has 5 rings (SSSR count). The first-order valence-corrected chi connectivity index (χ1v) is 11.9. The number of fused-ring (bicyclic) bond motifs is 2. The number of rotatable bonds is 6. The van der Waals surface area contributed by atoms with Crippen molar-refractivity contribution in [1.29, 1.82) is 0 Å². The molecule has 0 radical (unpaired) electrons. The summed E-state index contributed by atoms with van der Waals surface area (Å²) < 4.78 is 1.70. The number of amides is 1. The van der Waals surface area contributed by atoms with Gasteiger partial charge >= 0.3 is 0 Å². The minimum atomic E-state index is -0.628. The van der Waals surface area contributed by atoms with Crippen LogP contribution in [0.25, 0.3) is 5.65 Å². The van der Waals surface area contributed by atoms with Crippen LogP contribution in [-0.2, 0) is 10.2 Å². The lowest BCUT2D eigenvalue weighted by Crippen LogP contribution is -2.38. The largest absolute Gasteiger partial charge is 0.373 e. The maximum absolute atomic E-state index is 12.6. The van der Waals surface area contributed by atoms with Crippen LogP contribution in [0.1, 0.15) is 46.1 Å². The lowest BCUT2D eigenvalue weighted by molar-refractivity contribution is -0.125. The molecular weight excluding hydrogens is 432 g/mol. The van der Waals surface area contributed by atoms with E-state index in [1.807, 2.05) is 39.0 Å². The molecule has 2 aliphatic heterocycles. The molecule has 4 heterocycles. The second-order valence-electron chi connectivity index (χ2n) is 9.86. The van der Waals surface area contributed by atoms with Gasteiger partial charge in [0.1, 0.15) is 6.23 Å². The number of aliphatic hydroxyl groups excluding tert-OH is 1. The molecule has 10 nitrogen and oxygen atoms in total. The molecule has 0 spiro atoms. The molecule has 1 saturated heterocycles. The Hall–Kier alpha value is -3.40. The zero-order valence-electron chi connectivity index (χ0n) is 20.0. The molecule has 10 heteroatoms. The number of carbonyl (C=O) groups excluding carboxylic acids is 1. The molecule has 1 fully saturated rings. The number of benzene rings is 1. The second-order valence-corrected chi connectivity index (χ2v) is 9.86. The Morgan fingerprint density at radius 1 is 1.38 bits per heavy atom. The van der Waals surface area contributed by atoms with Gasteiger partial charge in [-0.25, -0.2) is 9.50 Å². The Morgan fingerprint density at radius 2 is 2.21 bits per heavy atom. The Balaban J connectivity index is 1.34. The average Bonchev–Trinajstić information content (AvgIpc) is 3.50. The summed E-state index contributed by atoms with van der Waals surface area (Å²) in [5.41, 5.74) is 3.08. The number of hydrogen-bond donors (Lipinski definition) is 4. The fraction of sp³-hybridized carbons (Fsp3) is 0.500. The molecule has 34 heavy (non-hydrogen) atoms. The third-order valence-corrected chi connectivity index (χ3v) is 7.04. The van der Waals surface area contributed by atoms with Crippen molar-refractivity contribution < 1.29 is 9.90 Å². The first-order chi connectivity index (χ1) is 16.3. The zero-order valence-corrected chi connectivity index (χ0v) is 20.0. The van der Waals surface area contributed by atoms with Crippen LogP contribution < -0.4 is 20.9 Å². The monoisotopic (exact) mass is 464 g/mol. The first-order valence-electron chi connectivity index (χ1n) is 11.9. The van der Waals surface area contributed by atoms with E-state index in [0.29, 0.717) is 18.1 Å². The standard InChI is InChI=1S/C24H32N8O2/c1-5-14(2)26-21(33)15-8-10-31(13-15)19-20-29-23(30-32(20)11-9-25-19)27-16-6-7-17-18(12-16)28-22(34)24(17,3)4/h6-7,9,11-12,14-15,22,28,34H,5,8,10,13H2,1-4H3,(H,26,33)(H,27,30). The van der Waals surface area contributed by atoms with Gasteiger partial charge in [0, 0.05) is 48.3 Å². The van der Waals surface area contributed by atoms with Crippen LogP contribution in [0.4, 0.5) is 23.1 Å². The van der Waals surface area contributed by atoms with Crippen molar-refractivity contribution in [2.24, 2.45) is 5.92 Å². The van der Waals surface area contributed by atoms with Crippen LogP contribution in [0, 0.1) is 5.92 Å². The molecule has 0 aliphatic carbocycles. The number of nitrogens with one attached hydrogen (secondary N) is 3. The van der Waals surface area contributed by atoms with Gasteiger partial charge in [0.15, 0.2) is 11.5 Å². The number of aliphatic hydroxyl groups is 1. The summed E-state index contributed by atoms with van der Waals surface area (Å²) in [6, 6.07) is 6.11. The fourth-order valence-electron chi connectivity index (χ4n) is 4.62. The minimum Gasteiger partial charge on any atom is -0.373 e. The van der Waals surface area contributed by atoms with Gasteiger partial charge in [0.05, 0.1) is 5.92 Å². The highest BCUT2D eigenvalue weighted by atomic mass is 16.3. The van der Waals surface area contributed by atoms with E-state index in [1.54, 1.807) is 16.9 Å². The lowest BCUT2D eigenvalue weighted by atomic mass is 9.85. The van der Waals surface area contributed by atoms with Gasteiger partial charge < -0.3 is 26.0 Å². The van der Waals surface area contributed by atoms with Crippen molar-refractivity contribution >= 4 is 34.7 Å². The van der Waals surface area contributed by atoms with Crippen molar-refractivity contribution in [3.8, 4) is 0 Å². The van der Waals surface area contributed by atoms with Gasteiger partial charge in [-0.05, 0) is 37.5 Å². The van der Waals surface area contributed by atoms with Crippen molar-refractivity contribution in [2.75, 3.05) is 28.6 Å². The minimum absolute atomic E-state index is 0.0601.